The number of hydrogen-bond donors (Lipinski definition) is 2. The van der Waals surface area contributed by atoms with Gasteiger partial charge in [-0.1, -0.05) is 47.1 Å². The van der Waals surface area contributed by atoms with Crippen LogP contribution < -0.4 is 0 Å². The van der Waals surface area contributed by atoms with Crippen molar-refractivity contribution < 1.29 is 10.2 Å². The second-order valence-corrected chi connectivity index (χ2v) is 9.37. The molecule has 0 radical (unpaired) electrons. The summed E-state index contributed by atoms with van der Waals surface area (Å²) in [6.07, 6.45) is 4.42. The lowest BCUT2D eigenvalue weighted by atomic mass is 9.48. The van der Waals surface area contributed by atoms with Crippen molar-refractivity contribution in [1.82, 2.24) is 0 Å². The van der Waals surface area contributed by atoms with E-state index in [1.165, 1.54) is 24.8 Å². The summed E-state index contributed by atoms with van der Waals surface area (Å²) in [5.41, 5.74) is 2.68. The van der Waals surface area contributed by atoms with Gasteiger partial charge in [0, 0.05) is 5.56 Å². The molecular formula is C21H32O2. The topological polar surface area (TPSA) is 40.5 Å². The maximum Gasteiger partial charge on any atom is 0.119 e. The summed E-state index contributed by atoms with van der Waals surface area (Å²) in [4.78, 5) is 0. The average Bonchev–Trinajstić information content (AvgIpc) is 2.41. The fraction of sp³-hybridized carbons (Fsp3) is 0.714. The first-order valence-electron chi connectivity index (χ1n) is 9.10. The van der Waals surface area contributed by atoms with E-state index in [0.717, 1.165) is 17.5 Å². The van der Waals surface area contributed by atoms with Gasteiger partial charge in [-0.3, -0.25) is 0 Å². The van der Waals surface area contributed by atoms with Crippen molar-refractivity contribution in [3.8, 4) is 5.75 Å². The van der Waals surface area contributed by atoms with Gasteiger partial charge in [-0.2, -0.15) is 0 Å². The minimum Gasteiger partial charge on any atom is -0.508 e. The maximum absolute atomic E-state index is 11.4. The van der Waals surface area contributed by atoms with E-state index in [0.29, 0.717) is 11.7 Å². The van der Waals surface area contributed by atoms with Crippen LogP contribution in [0.4, 0.5) is 0 Å². The molecule has 3 atom stereocenters. The SMILES string of the molecule is CC(C)c1c(O)ccc2c1[C@@](C)(O)C[C@H]1C(C)(C)CCC[C@]21C. The summed E-state index contributed by atoms with van der Waals surface area (Å²) in [6, 6.07) is 3.93. The fourth-order valence-electron chi connectivity index (χ4n) is 5.69. The first-order chi connectivity index (χ1) is 10.5. The Balaban J connectivity index is 2.30. The summed E-state index contributed by atoms with van der Waals surface area (Å²) in [7, 11) is 0. The summed E-state index contributed by atoms with van der Waals surface area (Å²) in [5, 5.41) is 21.8. The molecule has 0 amide bonds. The van der Waals surface area contributed by atoms with E-state index < -0.39 is 5.60 Å². The predicted octanol–water partition coefficient (Wildman–Crippen LogP) is 5.21. The Morgan fingerprint density at radius 2 is 1.74 bits per heavy atom. The van der Waals surface area contributed by atoms with Crippen molar-refractivity contribution in [2.75, 3.05) is 0 Å². The number of aliphatic hydroxyl groups is 1. The number of rotatable bonds is 1. The van der Waals surface area contributed by atoms with Gasteiger partial charge in [0.2, 0.25) is 0 Å². The second-order valence-electron chi connectivity index (χ2n) is 9.37. The van der Waals surface area contributed by atoms with Crippen molar-refractivity contribution in [2.24, 2.45) is 11.3 Å². The molecule has 1 aromatic carbocycles. The number of hydrogen-bond acceptors (Lipinski definition) is 2. The Bertz CT molecular complexity index is 627. The van der Waals surface area contributed by atoms with Crippen LogP contribution >= 0.6 is 0 Å². The van der Waals surface area contributed by atoms with Crippen molar-refractivity contribution in [3.05, 3.63) is 28.8 Å². The highest BCUT2D eigenvalue weighted by molar-refractivity contribution is 5.53. The third kappa shape index (κ3) is 2.33. The van der Waals surface area contributed by atoms with Crippen LogP contribution in [0, 0.1) is 11.3 Å². The molecule has 1 fully saturated rings. The molecule has 0 aliphatic heterocycles. The molecule has 0 bridgehead atoms. The zero-order valence-electron chi connectivity index (χ0n) is 15.5. The summed E-state index contributed by atoms with van der Waals surface area (Å²) >= 11 is 0. The van der Waals surface area contributed by atoms with Gasteiger partial charge in [-0.25, -0.2) is 0 Å². The Labute approximate surface area is 140 Å². The van der Waals surface area contributed by atoms with Gasteiger partial charge in [0.25, 0.3) is 0 Å². The summed E-state index contributed by atoms with van der Waals surface area (Å²) < 4.78 is 0. The van der Waals surface area contributed by atoms with Crippen LogP contribution in [-0.2, 0) is 11.0 Å². The molecule has 1 saturated carbocycles. The molecule has 2 aliphatic rings. The first-order valence-corrected chi connectivity index (χ1v) is 9.10. The zero-order valence-corrected chi connectivity index (χ0v) is 15.5. The second kappa shape index (κ2) is 4.99. The Morgan fingerprint density at radius 3 is 2.35 bits per heavy atom. The molecule has 0 aromatic heterocycles. The van der Waals surface area contributed by atoms with Crippen molar-refractivity contribution in [3.63, 3.8) is 0 Å². The van der Waals surface area contributed by atoms with Crippen LogP contribution in [0.1, 0.15) is 89.8 Å². The normalized spacial score (nSPS) is 35.7. The molecule has 2 nitrogen and oxygen atoms in total. The molecule has 3 rings (SSSR count). The van der Waals surface area contributed by atoms with Crippen LogP contribution in [0.15, 0.2) is 12.1 Å². The summed E-state index contributed by atoms with van der Waals surface area (Å²) in [5.74, 6) is 1.00. The first kappa shape index (κ1) is 16.8. The quantitative estimate of drug-likeness (QED) is 0.746. The highest BCUT2D eigenvalue weighted by atomic mass is 16.3. The van der Waals surface area contributed by atoms with E-state index in [2.05, 4.69) is 40.7 Å². The lowest BCUT2D eigenvalue weighted by molar-refractivity contribution is -0.0582. The van der Waals surface area contributed by atoms with Gasteiger partial charge in [0.15, 0.2) is 0 Å². The minimum absolute atomic E-state index is 0.0939. The van der Waals surface area contributed by atoms with Gasteiger partial charge >= 0.3 is 0 Å². The highest BCUT2D eigenvalue weighted by Gasteiger charge is 2.55. The fourth-order valence-corrected chi connectivity index (χ4v) is 5.69. The van der Waals surface area contributed by atoms with E-state index in [9.17, 15) is 10.2 Å². The smallest absolute Gasteiger partial charge is 0.119 e. The number of fused-ring (bicyclic) bond motifs is 3. The van der Waals surface area contributed by atoms with Crippen LogP contribution in [0.2, 0.25) is 0 Å². The number of benzene rings is 1. The van der Waals surface area contributed by atoms with E-state index in [-0.39, 0.29) is 16.7 Å². The molecular weight excluding hydrogens is 284 g/mol. The largest absolute Gasteiger partial charge is 0.508 e. The molecule has 0 unspecified atom stereocenters. The standard InChI is InChI=1S/C21H32O2/c1-13(2)17-15(22)9-8-14-18(17)21(6,23)12-16-19(3,4)10-7-11-20(14,16)5/h8-9,13,16,22-23H,7,10-12H2,1-6H3/t16-,20+,21-/m0/s1. The van der Waals surface area contributed by atoms with E-state index >= 15 is 0 Å². The minimum atomic E-state index is -0.869. The maximum atomic E-state index is 11.4. The molecule has 2 aliphatic carbocycles. The van der Waals surface area contributed by atoms with Gasteiger partial charge < -0.3 is 10.2 Å². The third-order valence-corrected chi connectivity index (χ3v) is 6.78. The summed E-state index contributed by atoms with van der Waals surface area (Å²) in [6.45, 7) is 13.3. The zero-order chi connectivity index (χ0) is 17.2. The van der Waals surface area contributed by atoms with E-state index in [1.54, 1.807) is 0 Å². The molecule has 2 heteroatoms. The lowest BCUT2D eigenvalue weighted by Crippen LogP contribution is -2.52. The molecule has 0 saturated heterocycles. The number of phenols is 1. The van der Waals surface area contributed by atoms with E-state index in [1.807, 2.05) is 13.0 Å². The Morgan fingerprint density at radius 1 is 1.09 bits per heavy atom. The molecule has 1 aromatic rings. The third-order valence-electron chi connectivity index (χ3n) is 6.78. The number of aromatic hydroxyl groups is 1. The Kier molecular flexibility index (Phi) is 3.65. The van der Waals surface area contributed by atoms with Crippen molar-refractivity contribution in [2.45, 2.75) is 84.2 Å². The van der Waals surface area contributed by atoms with Gasteiger partial charge in [0.1, 0.15) is 5.75 Å². The van der Waals surface area contributed by atoms with Crippen LogP contribution in [-0.4, -0.2) is 10.2 Å². The van der Waals surface area contributed by atoms with Crippen molar-refractivity contribution in [1.29, 1.82) is 0 Å². The van der Waals surface area contributed by atoms with Gasteiger partial charge in [-0.05, 0) is 66.0 Å². The Hall–Kier alpha value is -1.02. The van der Waals surface area contributed by atoms with Crippen LogP contribution in [0.5, 0.6) is 5.75 Å². The average molecular weight is 316 g/mol. The molecule has 0 heterocycles. The van der Waals surface area contributed by atoms with Crippen LogP contribution in [0.3, 0.4) is 0 Å². The molecule has 0 spiro atoms. The molecule has 2 N–H and O–H groups in total. The predicted molar refractivity (Wildman–Crippen MR) is 94.9 cm³/mol. The lowest BCUT2D eigenvalue weighted by Gasteiger charge is -2.58. The molecule has 23 heavy (non-hydrogen) atoms. The van der Waals surface area contributed by atoms with Crippen molar-refractivity contribution >= 4 is 0 Å². The van der Waals surface area contributed by atoms with E-state index in [4.69, 9.17) is 0 Å². The van der Waals surface area contributed by atoms with Gasteiger partial charge in [0.05, 0.1) is 5.60 Å². The highest BCUT2D eigenvalue weighted by Crippen LogP contribution is 2.61. The van der Waals surface area contributed by atoms with Crippen LogP contribution in [0.25, 0.3) is 0 Å². The van der Waals surface area contributed by atoms with Gasteiger partial charge in [-0.15, -0.1) is 0 Å². The monoisotopic (exact) mass is 316 g/mol. The molecule has 128 valence electrons. The number of phenolic OH excluding ortho intramolecular Hbond substituents is 1.